The maximum absolute atomic E-state index is 12.9. The fourth-order valence-electron chi connectivity index (χ4n) is 2.94. The van der Waals surface area contributed by atoms with Crippen LogP contribution in [0, 0.1) is 5.82 Å². The Labute approximate surface area is 124 Å². The maximum atomic E-state index is 12.9. The van der Waals surface area contributed by atoms with E-state index in [2.05, 4.69) is 17.4 Å². The Morgan fingerprint density at radius 3 is 2.71 bits per heavy atom. The van der Waals surface area contributed by atoms with Gasteiger partial charge in [0.2, 0.25) is 5.91 Å². The molecule has 1 amide bonds. The Morgan fingerprint density at radius 1 is 1.14 bits per heavy atom. The van der Waals surface area contributed by atoms with Crippen LogP contribution >= 0.6 is 0 Å². The molecule has 3 rings (SSSR count). The first-order valence-corrected chi connectivity index (χ1v) is 7.34. The van der Waals surface area contributed by atoms with E-state index in [0.29, 0.717) is 6.42 Å². The molecule has 0 spiro atoms. The molecule has 0 fully saturated rings. The van der Waals surface area contributed by atoms with E-state index in [1.165, 1.54) is 23.3 Å². The zero-order valence-electron chi connectivity index (χ0n) is 11.8. The van der Waals surface area contributed by atoms with Crippen LogP contribution in [0.3, 0.4) is 0 Å². The molecule has 108 valence electrons. The van der Waals surface area contributed by atoms with E-state index in [-0.39, 0.29) is 17.8 Å². The molecule has 1 atom stereocenters. The molecule has 2 aromatic rings. The van der Waals surface area contributed by atoms with Crippen LogP contribution in [-0.2, 0) is 17.6 Å². The van der Waals surface area contributed by atoms with Crippen molar-refractivity contribution in [1.29, 1.82) is 0 Å². The van der Waals surface area contributed by atoms with E-state index in [1.54, 1.807) is 12.1 Å². The van der Waals surface area contributed by atoms with Gasteiger partial charge in [-0.05, 0) is 48.1 Å². The highest BCUT2D eigenvalue weighted by Crippen LogP contribution is 2.29. The largest absolute Gasteiger partial charge is 0.349 e. The van der Waals surface area contributed by atoms with E-state index in [1.807, 2.05) is 12.1 Å². The molecule has 1 aliphatic carbocycles. The number of rotatable bonds is 3. The minimum absolute atomic E-state index is 0.0108. The monoisotopic (exact) mass is 283 g/mol. The van der Waals surface area contributed by atoms with Crippen LogP contribution in [0.5, 0.6) is 0 Å². The number of aryl methyl sites for hydroxylation is 1. The Bertz CT molecular complexity index is 636. The summed E-state index contributed by atoms with van der Waals surface area (Å²) in [5.41, 5.74) is 3.39. The summed E-state index contributed by atoms with van der Waals surface area (Å²) in [4.78, 5) is 12.2. The van der Waals surface area contributed by atoms with Crippen molar-refractivity contribution in [2.24, 2.45) is 0 Å². The normalized spacial score (nSPS) is 17.1. The first kappa shape index (κ1) is 13.8. The Kier molecular flexibility index (Phi) is 4.00. The summed E-state index contributed by atoms with van der Waals surface area (Å²) >= 11 is 0. The van der Waals surface area contributed by atoms with Crippen molar-refractivity contribution in [2.45, 2.75) is 31.7 Å². The Balaban J connectivity index is 1.67. The van der Waals surface area contributed by atoms with Crippen LogP contribution in [0.25, 0.3) is 0 Å². The number of carbonyl (C=O) groups excluding carboxylic acids is 1. The average Bonchev–Trinajstić information content (AvgIpc) is 2.50. The fraction of sp³-hybridized carbons (Fsp3) is 0.278. The Morgan fingerprint density at radius 2 is 1.90 bits per heavy atom. The molecule has 0 radical (unpaired) electrons. The number of carbonyl (C=O) groups is 1. The molecule has 2 aromatic carbocycles. The molecule has 3 heteroatoms. The Hall–Kier alpha value is -2.16. The SMILES string of the molecule is O=C(Cc1ccc(F)cc1)N[C@H]1CCCc2ccccc21. The van der Waals surface area contributed by atoms with Crippen LogP contribution in [0.1, 0.15) is 35.6 Å². The van der Waals surface area contributed by atoms with E-state index < -0.39 is 0 Å². The van der Waals surface area contributed by atoms with Gasteiger partial charge in [-0.2, -0.15) is 0 Å². The predicted octanol–water partition coefficient (Wildman–Crippen LogP) is 3.56. The molecule has 2 nitrogen and oxygen atoms in total. The third-order valence-corrected chi connectivity index (χ3v) is 3.98. The van der Waals surface area contributed by atoms with Crippen molar-refractivity contribution >= 4 is 5.91 Å². The van der Waals surface area contributed by atoms with Crippen LogP contribution in [0.4, 0.5) is 4.39 Å². The minimum atomic E-state index is -0.277. The van der Waals surface area contributed by atoms with Crippen molar-refractivity contribution in [2.75, 3.05) is 0 Å². The number of nitrogens with one attached hydrogen (secondary N) is 1. The summed E-state index contributed by atoms with van der Waals surface area (Å²) < 4.78 is 12.9. The summed E-state index contributed by atoms with van der Waals surface area (Å²) in [6.45, 7) is 0. The number of amides is 1. The predicted molar refractivity (Wildman–Crippen MR) is 80.4 cm³/mol. The molecule has 0 saturated carbocycles. The highest BCUT2D eigenvalue weighted by molar-refractivity contribution is 5.79. The third-order valence-electron chi connectivity index (χ3n) is 3.98. The maximum Gasteiger partial charge on any atom is 0.224 e. The molecule has 0 aliphatic heterocycles. The van der Waals surface area contributed by atoms with Gasteiger partial charge in [0, 0.05) is 0 Å². The van der Waals surface area contributed by atoms with Gasteiger partial charge in [-0.3, -0.25) is 4.79 Å². The van der Waals surface area contributed by atoms with Gasteiger partial charge in [0.05, 0.1) is 12.5 Å². The van der Waals surface area contributed by atoms with Gasteiger partial charge in [-0.1, -0.05) is 36.4 Å². The second-order valence-corrected chi connectivity index (χ2v) is 5.51. The van der Waals surface area contributed by atoms with E-state index in [9.17, 15) is 9.18 Å². The molecular formula is C18H18FNO. The molecule has 21 heavy (non-hydrogen) atoms. The lowest BCUT2D eigenvalue weighted by Crippen LogP contribution is -2.32. The second-order valence-electron chi connectivity index (χ2n) is 5.51. The smallest absolute Gasteiger partial charge is 0.224 e. The highest BCUT2D eigenvalue weighted by Gasteiger charge is 2.21. The number of hydrogen-bond donors (Lipinski definition) is 1. The molecule has 1 N–H and O–H groups in total. The van der Waals surface area contributed by atoms with E-state index >= 15 is 0 Å². The number of hydrogen-bond acceptors (Lipinski definition) is 1. The van der Waals surface area contributed by atoms with Crippen LogP contribution < -0.4 is 5.32 Å². The van der Waals surface area contributed by atoms with Gasteiger partial charge in [0.25, 0.3) is 0 Å². The summed E-state index contributed by atoms with van der Waals surface area (Å²) in [6, 6.07) is 14.5. The number of benzene rings is 2. The standard InChI is InChI=1S/C18H18FNO/c19-15-10-8-13(9-11-15)12-18(21)20-17-7-3-5-14-4-1-2-6-16(14)17/h1-2,4,6,8-11,17H,3,5,7,12H2,(H,20,21)/t17-/m0/s1. The van der Waals surface area contributed by atoms with Gasteiger partial charge in [-0.25, -0.2) is 4.39 Å². The van der Waals surface area contributed by atoms with Gasteiger partial charge in [0.15, 0.2) is 0 Å². The quantitative estimate of drug-likeness (QED) is 0.917. The topological polar surface area (TPSA) is 29.1 Å². The van der Waals surface area contributed by atoms with Crippen LogP contribution in [0.15, 0.2) is 48.5 Å². The lowest BCUT2D eigenvalue weighted by molar-refractivity contribution is -0.121. The van der Waals surface area contributed by atoms with Crippen molar-refractivity contribution in [3.8, 4) is 0 Å². The van der Waals surface area contributed by atoms with Gasteiger partial charge < -0.3 is 5.32 Å². The van der Waals surface area contributed by atoms with Crippen LogP contribution in [0.2, 0.25) is 0 Å². The summed E-state index contributed by atoms with van der Waals surface area (Å²) in [6.07, 6.45) is 3.45. The van der Waals surface area contributed by atoms with Crippen molar-refractivity contribution in [1.82, 2.24) is 5.32 Å². The van der Waals surface area contributed by atoms with Gasteiger partial charge in [-0.15, -0.1) is 0 Å². The zero-order valence-corrected chi connectivity index (χ0v) is 11.8. The molecule has 0 heterocycles. The first-order chi connectivity index (χ1) is 10.2. The molecule has 0 unspecified atom stereocenters. The summed E-state index contributed by atoms with van der Waals surface area (Å²) in [5.74, 6) is -0.288. The summed E-state index contributed by atoms with van der Waals surface area (Å²) in [5, 5.41) is 3.11. The highest BCUT2D eigenvalue weighted by atomic mass is 19.1. The lowest BCUT2D eigenvalue weighted by Gasteiger charge is -2.26. The molecular weight excluding hydrogens is 265 g/mol. The average molecular weight is 283 g/mol. The fourth-order valence-corrected chi connectivity index (χ4v) is 2.94. The third kappa shape index (κ3) is 3.30. The summed E-state index contributed by atoms with van der Waals surface area (Å²) in [7, 11) is 0. The van der Waals surface area contributed by atoms with E-state index in [4.69, 9.17) is 0 Å². The molecule has 1 aliphatic rings. The zero-order chi connectivity index (χ0) is 14.7. The minimum Gasteiger partial charge on any atom is -0.349 e. The van der Waals surface area contributed by atoms with Crippen molar-refractivity contribution < 1.29 is 9.18 Å². The number of halogens is 1. The van der Waals surface area contributed by atoms with Crippen LogP contribution in [-0.4, -0.2) is 5.91 Å². The lowest BCUT2D eigenvalue weighted by atomic mass is 9.87. The molecule has 0 bridgehead atoms. The number of fused-ring (bicyclic) bond motifs is 1. The van der Waals surface area contributed by atoms with Crippen molar-refractivity contribution in [3.63, 3.8) is 0 Å². The van der Waals surface area contributed by atoms with Gasteiger partial charge >= 0.3 is 0 Å². The van der Waals surface area contributed by atoms with Gasteiger partial charge in [0.1, 0.15) is 5.82 Å². The van der Waals surface area contributed by atoms with Crippen molar-refractivity contribution in [3.05, 3.63) is 71.0 Å². The second kappa shape index (κ2) is 6.08. The first-order valence-electron chi connectivity index (χ1n) is 7.34. The molecule has 0 saturated heterocycles. The molecule has 0 aromatic heterocycles. The van der Waals surface area contributed by atoms with E-state index in [0.717, 1.165) is 24.8 Å².